The highest BCUT2D eigenvalue weighted by Gasteiger charge is 2.28. The third-order valence-corrected chi connectivity index (χ3v) is 6.79. The van der Waals surface area contributed by atoms with Crippen molar-refractivity contribution in [1.82, 2.24) is 15.3 Å². The zero-order chi connectivity index (χ0) is 27.9. The van der Waals surface area contributed by atoms with E-state index in [-0.39, 0.29) is 17.8 Å². The minimum absolute atomic E-state index is 0.0171. The van der Waals surface area contributed by atoms with Gasteiger partial charge in [0.1, 0.15) is 23.2 Å². The molecule has 3 N–H and O–H groups in total. The number of hydrogen-bond donors (Lipinski definition) is 3. The van der Waals surface area contributed by atoms with Crippen molar-refractivity contribution < 1.29 is 19.4 Å². The van der Waals surface area contributed by atoms with Crippen LogP contribution in [0.15, 0.2) is 64.2 Å². The van der Waals surface area contributed by atoms with Gasteiger partial charge in [-0.05, 0) is 36.7 Å². The summed E-state index contributed by atoms with van der Waals surface area (Å²) in [6.07, 6.45) is 0.121. The Hall–Kier alpha value is -4.22. The maximum atomic E-state index is 12.3. The van der Waals surface area contributed by atoms with Crippen molar-refractivity contribution in [3.8, 4) is 5.75 Å². The topological polar surface area (TPSA) is 132 Å². The zero-order valence-electron chi connectivity index (χ0n) is 22.1. The first-order chi connectivity index (χ1) is 18.7. The second-order valence-electron chi connectivity index (χ2n) is 9.71. The van der Waals surface area contributed by atoms with E-state index >= 15 is 0 Å². The Balaban J connectivity index is 1.34. The molecule has 3 aromatic carbocycles. The van der Waals surface area contributed by atoms with Crippen LogP contribution in [0.25, 0.3) is 0 Å². The van der Waals surface area contributed by atoms with E-state index in [4.69, 9.17) is 4.74 Å². The molecule has 0 unspecified atom stereocenters. The second-order valence-corrected chi connectivity index (χ2v) is 9.71. The van der Waals surface area contributed by atoms with E-state index in [9.17, 15) is 24.3 Å². The Kier molecular flexibility index (Phi) is 8.95. The van der Waals surface area contributed by atoms with Gasteiger partial charge in [-0.2, -0.15) is 0 Å². The summed E-state index contributed by atoms with van der Waals surface area (Å²) in [7, 11) is 3.73. The van der Waals surface area contributed by atoms with Gasteiger partial charge in [0.15, 0.2) is 0 Å². The van der Waals surface area contributed by atoms with Gasteiger partial charge in [0.2, 0.25) is 0 Å². The fraction of sp³-hybridized carbons (Fsp3) is 0.357. The van der Waals surface area contributed by atoms with Crippen LogP contribution in [-0.2, 0) is 17.6 Å². The number of benzene rings is 2. The van der Waals surface area contributed by atoms with Crippen molar-refractivity contribution in [2.24, 2.45) is 0 Å². The van der Waals surface area contributed by atoms with Gasteiger partial charge in [-0.1, -0.05) is 42.5 Å². The number of carbonyl (C=O) groups excluding carboxylic acids is 1. The van der Waals surface area contributed by atoms with Crippen LogP contribution in [0.2, 0.25) is 0 Å². The van der Waals surface area contributed by atoms with E-state index in [0.29, 0.717) is 37.4 Å². The largest absolute Gasteiger partial charge is 0.480 e. The van der Waals surface area contributed by atoms with Crippen molar-refractivity contribution >= 4 is 23.4 Å². The Bertz CT molecular complexity index is 1350. The third kappa shape index (κ3) is 7.21. The summed E-state index contributed by atoms with van der Waals surface area (Å²) < 4.78 is 5.33. The quantitative estimate of drug-likeness (QED) is 0.309. The van der Waals surface area contributed by atoms with E-state index in [2.05, 4.69) is 15.6 Å². The molecule has 11 heteroatoms. The molecule has 0 aromatic heterocycles. The number of carbonyl (C=O) groups is 2. The van der Waals surface area contributed by atoms with Crippen LogP contribution in [0.1, 0.15) is 11.1 Å². The molecule has 0 bridgehead atoms. The summed E-state index contributed by atoms with van der Waals surface area (Å²) in [6, 6.07) is 15.1. The number of ether oxygens (including phenoxy) is 1. The standard InChI is InChI=1S/C28H33N5O6/c1-31-14-16-33(17-15-31)30-28(38)39-21-10-8-20(9-11-21)18-22(27(36)37)29-23-24(26(35)25(23)34)32(2)13-12-19-6-4-3-5-7-19/h3-11,22,29H,12-18H2,1-2H3,(H,30,38)(H,36,37)/t22-/m0/s1. The predicted octanol–water partition coefficient (Wildman–Crippen LogP) is 1.32. The lowest BCUT2D eigenvalue weighted by atomic mass is 10.0. The number of likely N-dealkylation sites (N-methyl/N-ethyl adjacent to an activating group) is 2. The minimum atomic E-state index is -1.16. The van der Waals surface area contributed by atoms with Crippen LogP contribution >= 0.6 is 0 Å². The van der Waals surface area contributed by atoms with Gasteiger partial charge in [-0.15, -0.1) is 0 Å². The van der Waals surface area contributed by atoms with Crippen LogP contribution in [-0.4, -0.2) is 79.9 Å². The van der Waals surface area contributed by atoms with Crippen LogP contribution in [0.3, 0.4) is 0 Å². The molecule has 0 saturated carbocycles. The monoisotopic (exact) mass is 535 g/mol. The molecule has 3 aromatic rings. The number of nitrogens with one attached hydrogen (secondary N) is 2. The van der Waals surface area contributed by atoms with Crippen LogP contribution in [0.4, 0.5) is 16.2 Å². The van der Waals surface area contributed by atoms with E-state index < -0.39 is 29.0 Å². The van der Waals surface area contributed by atoms with Crippen molar-refractivity contribution in [3.63, 3.8) is 0 Å². The summed E-state index contributed by atoms with van der Waals surface area (Å²) in [5.74, 6) is -0.845. The van der Waals surface area contributed by atoms with Gasteiger partial charge < -0.3 is 25.0 Å². The number of aliphatic carboxylic acids is 1. The Morgan fingerprint density at radius 3 is 2.28 bits per heavy atom. The molecule has 0 spiro atoms. The van der Waals surface area contributed by atoms with E-state index in [1.165, 1.54) is 0 Å². The molecule has 11 nitrogen and oxygen atoms in total. The molecule has 1 atom stereocenters. The molecule has 39 heavy (non-hydrogen) atoms. The first-order valence-electron chi connectivity index (χ1n) is 12.8. The number of hydrogen-bond acceptors (Lipinski definition) is 9. The van der Waals surface area contributed by atoms with E-state index in [1.807, 2.05) is 37.4 Å². The molecule has 1 fully saturated rings. The van der Waals surface area contributed by atoms with E-state index in [0.717, 1.165) is 18.7 Å². The second kappa shape index (κ2) is 12.5. The maximum Gasteiger partial charge on any atom is 0.427 e. The van der Waals surface area contributed by atoms with Gasteiger partial charge in [-0.3, -0.25) is 15.0 Å². The van der Waals surface area contributed by atoms with E-state index in [1.54, 1.807) is 41.2 Å². The number of piperazine rings is 1. The Morgan fingerprint density at radius 1 is 0.974 bits per heavy atom. The Labute approximate surface area is 226 Å². The molecule has 206 valence electrons. The average molecular weight is 536 g/mol. The molecule has 4 rings (SSSR count). The number of hydrazine groups is 1. The number of rotatable bonds is 11. The molecular formula is C28H33N5O6. The van der Waals surface area contributed by atoms with Crippen molar-refractivity contribution in [2.75, 3.05) is 57.0 Å². The number of nitrogens with zero attached hydrogens (tertiary/aromatic N) is 3. The van der Waals surface area contributed by atoms with Gasteiger partial charge in [0, 0.05) is 46.2 Å². The lowest BCUT2D eigenvalue weighted by Crippen LogP contribution is -2.53. The highest BCUT2D eigenvalue weighted by Crippen LogP contribution is 2.22. The number of anilines is 2. The van der Waals surface area contributed by atoms with Crippen LogP contribution in [0.5, 0.6) is 5.75 Å². The molecule has 0 radical (unpaired) electrons. The molecule has 1 aliphatic heterocycles. The zero-order valence-corrected chi connectivity index (χ0v) is 22.1. The summed E-state index contributed by atoms with van der Waals surface area (Å²) >= 11 is 0. The van der Waals surface area contributed by atoms with Gasteiger partial charge >= 0.3 is 12.1 Å². The van der Waals surface area contributed by atoms with Crippen LogP contribution < -0.4 is 31.2 Å². The fourth-order valence-electron chi connectivity index (χ4n) is 4.41. The predicted molar refractivity (Wildman–Crippen MR) is 148 cm³/mol. The first kappa shape index (κ1) is 27.8. The van der Waals surface area contributed by atoms with Crippen molar-refractivity contribution in [1.29, 1.82) is 0 Å². The van der Waals surface area contributed by atoms with Crippen molar-refractivity contribution in [2.45, 2.75) is 18.9 Å². The summed E-state index contributed by atoms with van der Waals surface area (Å²) in [6.45, 7) is 3.57. The molecular weight excluding hydrogens is 502 g/mol. The van der Waals surface area contributed by atoms with Crippen molar-refractivity contribution in [3.05, 3.63) is 86.2 Å². The smallest absolute Gasteiger partial charge is 0.427 e. The fourth-order valence-corrected chi connectivity index (χ4v) is 4.41. The lowest BCUT2D eigenvalue weighted by Gasteiger charge is -2.31. The van der Waals surface area contributed by atoms with Gasteiger partial charge in [0.25, 0.3) is 10.9 Å². The van der Waals surface area contributed by atoms with Gasteiger partial charge in [-0.25, -0.2) is 14.6 Å². The maximum absolute atomic E-state index is 12.3. The molecule has 1 amide bonds. The normalized spacial score (nSPS) is 15.0. The lowest BCUT2D eigenvalue weighted by molar-refractivity contribution is -0.137. The van der Waals surface area contributed by atoms with Crippen LogP contribution in [0, 0.1) is 0 Å². The molecule has 1 aliphatic rings. The highest BCUT2D eigenvalue weighted by molar-refractivity contribution is 5.83. The summed E-state index contributed by atoms with van der Waals surface area (Å²) in [5.41, 5.74) is 3.31. The molecule has 0 aliphatic carbocycles. The highest BCUT2D eigenvalue weighted by atomic mass is 16.6. The summed E-state index contributed by atoms with van der Waals surface area (Å²) in [5, 5.41) is 14.4. The average Bonchev–Trinajstić information content (AvgIpc) is 2.93. The SMILES string of the molecule is CN1CCN(NC(=O)Oc2ccc(C[C@H](Nc3c(N(C)CCc4ccccc4)c(=O)c3=O)C(=O)O)cc2)CC1. The molecule has 1 saturated heterocycles. The number of carboxylic acids is 1. The molecule has 1 heterocycles. The first-order valence-corrected chi connectivity index (χ1v) is 12.8. The third-order valence-electron chi connectivity index (χ3n) is 6.79. The number of amides is 1. The minimum Gasteiger partial charge on any atom is -0.480 e. The summed E-state index contributed by atoms with van der Waals surface area (Å²) in [4.78, 5) is 52.7. The van der Waals surface area contributed by atoms with Gasteiger partial charge in [0.05, 0.1) is 0 Å². The number of carboxylic acid groups (broad SMARTS) is 1. The Morgan fingerprint density at radius 2 is 1.64 bits per heavy atom.